The van der Waals surface area contributed by atoms with Crippen molar-refractivity contribution in [2.24, 2.45) is 44.6 Å². The molecule has 7 heterocycles. The molecule has 7 aliphatic heterocycles. The summed E-state index contributed by atoms with van der Waals surface area (Å²) >= 11 is 0. The number of guanidine groups is 2. The van der Waals surface area contributed by atoms with E-state index in [-0.39, 0.29) is 97.6 Å². The van der Waals surface area contributed by atoms with Gasteiger partial charge >= 0.3 is 11.9 Å². The van der Waals surface area contributed by atoms with Crippen molar-refractivity contribution in [3.05, 3.63) is 59.2 Å². The second-order valence-electron chi connectivity index (χ2n) is 20.1. The molecule has 16 unspecified atom stereocenters. The van der Waals surface area contributed by atoms with Crippen LogP contribution in [0.1, 0.15) is 44.9 Å². The minimum absolute atomic E-state index is 0.0134. The van der Waals surface area contributed by atoms with Crippen molar-refractivity contribution in [2.75, 3.05) is 64.7 Å². The number of nitrogens with zero attached hydrogens (tertiary/aromatic N) is 3. The minimum Gasteiger partial charge on any atom is -0.478 e. The van der Waals surface area contributed by atoms with Crippen molar-refractivity contribution < 1.29 is 79.2 Å². The molecular formula is C48H72N8O16S4. The molecular weight excluding hydrogens is 1070 g/mol. The summed E-state index contributed by atoms with van der Waals surface area (Å²) < 4.78 is 32.0. The zero-order valence-electron chi connectivity index (χ0n) is 42.0. The highest BCUT2D eigenvalue weighted by Gasteiger charge is 2.60. The van der Waals surface area contributed by atoms with E-state index in [1.54, 1.807) is 55.3 Å². The van der Waals surface area contributed by atoms with Gasteiger partial charge in [0.2, 0.25) is 12.1 Å². The molecule has 1 saturated carbocycles. The average Bonchev–Trinajstić information content (AvgIpc) is 3.80. The van der Waals surface area contributed by atoms with Crippen molar-refractivity contribution in [3.63, 3.8) is 0 Å². The van der Waals surface area contributed by atoms with E-state index in [1.807, 2.05) is 17.1 Å². The Bertz CT molecular complexity index is 2280. The number of likely N-dealkylation sites (N-methyl/N-ethyl adjacent to an activating group) is 1. The molecule has 8 aliphatic rings. The summed E-state index contributed by atoms with van der Waals surface area (Å²) in [5, 5.41) is 106. The van der Waals surface area contributed by atoms with Gasteiger partial charge in [0.15, 0.2) is 24.3 Å². The van der Waals surface area contributed by atoms with Gasteiger partial charge in [-0.15, -0.1) is 0 Å². The molecule has 0 aromatic carbocycles. The van der Waals surface area contributed by atoms with E-state index < -0.39 is 103 Å². The van der Waals surface area contributed by atoms with E-state index in [1.165, 1.54) is 19.5 Å². The van der Waals surface area contributed by atoms with Crippen LogP contribution in [0.2, 0.25) is 0 Å². The molecule has 24 nitrogen and oxygen atoms in total. The third-order valence-electron chi connectivity index (χ3n) is 15.4. The van der Waals surface area contributed by atoms with Crippen LogP contribution in [0.4, 0.5) is 0 Å². The van der Waals surface area contributed by atoms with Crippen molar-refractivity contribution in [1.29, 1.82) is 0 Å². The van der Waals surface area contributed by atoms with Gasteiger partial charge in [0, 0.05) is 67.1 Å². The molecule has 8 rings (SSSR count). The lowest BCUT2D eigenvalue weighted by atomic mass is 9.66. The maximum absolute atomic E-state index is 15.3. The van der Waals surface area contributed by atoms with Crippen LogP contribution in [0.15, 0.2) is 69.2 Å². The predicted octanol–water partition coefficient (Wildman–Crippen LogP) is -1.49. The first-order valence-corrected chi connectivity index (χ1v) is 30.3. The average molecular weight is 1150 g/mol. The van der Waals surface area contributed by atoms with E-state index in [0.717, 1.165) is 0 Å². The van der Waals surface area contributed by atoms with Gasteiger partial charge in [0.1, 0.15) is 24.5 Å². The molecule has 0 aromatic rings. The number of carbonyl (C=O) groups excluding carboxylic acids is 1. The molecule has 0 amide bonds. The van der Waals surface area contributed by atoms with Crippen LogP contribution in [0.3, 0.4) is 0 Å². The first kappa shape index (κ1) is 58.8. The summed E-state index contributed by atoms with van der Waals surface area (Å²) in [6, 6.07) is -1.33. The normalized spacial score (nSPS) is 37.3. The van der Waals surface area contributed by atoms with Gasteiger partial charge in [-0.05, 0) is 63.5 Å². The summed E-state index contributed by atoms with van der Waals surface area (Å²) in [5.41, 5.74) is 11.8. The molecule has 0 aromatic heterocycles. The second-order valence-corrected chi connectivity index (χ2v) is 25.3. The second kappa shape index (κ2) is 26.3. The highest BCUT2D eigenvalue weighted by molar-refractivity contribution is 8.78. The molecule has 16 N–H and O–H groups in total. The van der Waals surface area contributed by atoms with Gasteiger partial charge in [0.25, 0.3) is 0 Å². The Morgan fingerprint density at radius 3 is 2.64 bits per heavy atom. The van der Waals surface area contributed by atoms with E-state index >= 15 is 4.79 Å². The lowest BCUT2D eigenvalue weighted by molar-refractivity contribution is -0.419. The number of rotatable bonds is 14. The molecule has 2 fully saturated rings. The van der Waals surface area contributed by atoms with Crippen LogP contribution in [0, 0.1) is 23.2 Å². The number of allylic oxidation sites excluding steroid dienone is 1. The van der Waals surface area contributed by atoms with E-state index in [2.05, 4.69) is 20.9 Å². The number of nitrogens with two attached hydrogens (primary N) is 2. The Labute approximate surface area is 456 Å². The predicted molar refractivity (Wildman–Crippen MR) is 285 cm³/mol. The SMILES string of the molecule is CNC(CO)OC1C(OC2OC=C3C(=O)OC4CCC(CO)C4CSSC4C5CC6CC(CCC2(C=CCSS5)C3C=CC2=C(NC(N)=NCCCO)C(C(=O)O)=CN(C2)C4CO)N=C(N)N6)OC(CO)C(O)C1(O)O. The first-order chi connectivity index (χ1) is 36.6. The highest BCUT2D eigenvalue weighted by atomic mass is 33.1. The summed E-state index contributed by atoms with van der Waals surface area (Å²) in [7, 11) is 7.72. The minimum atomic E-state index is -3.16. The van der Waals surface area contributed by atoms with E-state index in [9.17, 15) is 50.8 Å². The molecule has 76 heavy (non-hydrogen) atoms. The molecule has 1 aliphatic carbocycles. The lowest BCUT2D eigenvalue weighted by Crippen LogP contribution is -2.70. The maximum atomic E-state index is 15.3. The van der Waals surface area contributed by atoms with Crippen LogP contribution < -0.4 is 27.4 Å². The summed E-state index contributed by atoms with van der Waals surface area (Å²) in [4.78, 5) is 39.9. The Morgan fingerprint density at radius 2 is 1.92 bits per heavy atom. The molecule has 16 atom stereocenters. The summed E-state index contributed by atoms with van der Waals surface area (Å²) in [6.07, 6.45) is 1.69. The monoisotopic (exact) mass is 1140 g/mol. The molecule has 1 saturated heterocycles. The zero-order valence-corrected chi connectivity index (χ0v) is 45.2. The van der Waals surface area contributed by atoms with Crippen molar-refractivity contribution in [3.8, 4) is 0 Å². The molecule has 424 valence electrons. The Kier molecular flexibility index (Phi) is 20.4. The van der Waals surface area contributed by atoms with Gasteiger partial charge in [0.05, 0.1) is 65.7 Å². The number of carbonyl (C=O) groups is 2. The number of hydrogen-bond donors (Lipinski definition) is 14. The van der Waals surface area contributed by atoms with Crippen LogP contribution in [0.5, 0.6) is 0 Å². The molecule has 1 spiro atoms. The molecule has 28 heteroatoms. The van der Waals surface area contributed by atoms with Gasteiger partial charge in [-0.25, -0.2) is 9.59 Å². The van der Waals surface area contributed by atoms with E-state index in [4.69, 9.17) is 40.1 Å². The van der Waals surface area contributed by atoms with Gasteiger partial charge < -0.3 is 96.6 Å². The fraction of sp³-hybridized carbons (Fsp3) is 0.708. The standard InChI is InChI=1S/C48H72N8O16S4/c1-51-36(21-61)71-40-43(70-34(20-60)39(62)48(40,66)67)72-44-47-9-2-13-73-75-35(15-27-14-26(8-10-47)53-46(50)54-27)38-32(19-59)56-16-24(37(28(17-56)41(63)64)55-45(49)52-11-3-12-57)4-6-31(47)29(22-68-44)42(65)69-33-7-5-25(18-58)30(33)23-74-76-38/h2,4,6,9,17,22,25-27,30-36,38-40,43-44,51,57-62,66-67H,3,5,7-8,10-16,18-21,23H2,1H3,(H,63,64)(H3,49,52,55)(H3,50,53,54). The Hall–Kier alpha value is -3.30. The van der Waals surface area contributed by atoms with Crippen molar-refractivity contribution in [2.45, 2.75) is 123 Å². The third kappa shape index (κ3) is 12.8. The number of esters is 1. The smallest absolute Gasteiger partial charge is 0.339 e. The third-order valence-corrected chi connectivity index (χ3v) is 21.3. The number of aliphatic imine (C=N–C) groups is 2. The number of ether oxygens (including phenoxy) is 5. The van der Waals surface area contributed by atoms with Crippen LogP contribution in [-0.2, 0) is 33.3 Å². The number of aliphatic hydroxyl groups is 8. The molecule has 0 radical (unpaired) electrons. The number of carboxylic acid groups (broad SMARTS) is 1. The molecule has 8 bridgehead atoms. The Morgan fingerprint density at radius 1 is 1.11 bits per heavy atom. The van der Waals surface area contributed by atoms with E-state index in [0.29, 0.717) is 49.2 Å². The maximum Gasteiger partial charge on any atom is 0.339 e. The first-order valence-electron chi connectivity index (χ1n) is 25.5. The van der Waals surface area contributed by atoms with Crippen LogP contribution in [0.25, 0.3) is 0 Å². The quantitative estimate of drug-likeness (QED) is 0.0179. The topological polar surface area (TPSA) is 378 Å². The number of fused-ring (bicyclic) bond motifs is 9. The van der Waals surface area contributed by atoms with Crippen LogP contribution >= 0.6 is 43.2 Å². The largest absolute Gasteiger partial charge is 0.478 e. The van der Waals surface area contributed by atoms with Crippen molar-refractivity contribution >= 4 is 67.0 Å². The van der Waals surface area contributed by atoms with Crippen LogP contribution in [-0.4, -0.2) is 217 Å². The van der Waals surface area contributed by atoms with Gasteiger partial charge in [-0.1, -0.05) is 67.5 Å². The van der Waals surface area contributed by atoms with Gasteiger partial charge in [-0.3, -0.25) is 15.3 Å². The summed E-state index contributed by atoms with van der Waals surface area (Å²) in [5.74, 6) is -5.89. The Balaban J connectivity index is 1.40. The number of hydrogen-bond acceptors (Lipinski definition) is 25. The lowest BCUT2D eigenvalue weighted by Gasteiger charge is -2.51. The van der Waals surface area contributed by atoms with Gasteiger partial charge in [-0.2, -0.15) is 0 Å². The zero-order chi connectivity index (χ0) is 54.3. The summed E-state index contributed by atoms with van der Waals surface area (Å²) in [6.45, 7) is -2.09. The number of carboxylic acids is 1. The number of aliphatic carboxylic acids is 1. The fourth-order valence-corrected chi connectivity index (χ4v) is 18.1. The highest BCUT2D eigenvalue weighted by Crippen LogP contribution is 2.53. The number of nitrogens with one attached hydrogen (secondary N) is 3. The number of aliphatic hydroxyl groups excluding tert-OH is 6. The van der Waals surface area contributed by atoms with Crippen molar-refractivity contribution in [1.82, 2.24) is 20.9 Å². The fourth-order valence-electron chi connectivity index (χ4n) is 11.3.